The first kappa shape index (κ1) is 64.3. The summed E-state index contributed by atoms with van der Waals surface area (Å²) in [6.07, 6.45) is 24.8. The van der Waals surface area contributed by atoms with Crippen LogP contribution in [-0.2, 0) is 24.0 Å². The summed E-state index contributed by atoms with van der Waals surface area (Å²) < 4.78 is 0. The predicted octanol–water partition coefficient (Wildman–Crippen LogP) is 9.92. The minimum Gasteiger partial charge on any atom is -0.480 e. The molecule has 7 rings (SSSR count). The fourth-order valence-corrected chi connectivity index (χ4v) is 9.29. The smallest absolute Gasteiger partial charge is 0.317 e. The van der Waals surface area contributed by atoms with Gasteiger partial charge in [-0.3, -0.25) is 24.0 Å². The maximum absolute atomic E-state index is 10.6. The molecule has 0 unspecified atom stereocenters. The topological polar surface area (TPSA) is 247 Å². The molecule has 0 atom stereocenters. The first-order chi connectivity index (χ1) is 36.9. The maximum atomic E-state index is 10.6. The average Bonchev–Trinajstić information content (AvgIpc) is 4.25. The highest BCUT2D eigenvalue weighted by atomic mass is 16.4. The highest BCUT2D eigenvalue weighted by molar-refractivity contribution is 5.70. The minimum atomic E-state index is -0.833. The van der Waals surface area contributed by atoms with Crippen LogP contribution in [-0.4, -0.2) is 119 Å². The maximum Gasteiger partial charge on any atom is 0.317 e. The van der Waals surface area contributed by atoms with Gasteiger partial charge in [-0.1, -0.05) is 205 Å². The molecule has 0 aromatic heterocycles. The van der Waals surface area contributed by atoms with E-state index in [9.17, 15) is 24.0 Å². The van der Waals surface area contributed by atoms with E-state index >= 15 is 0 Å². The molecule has 0 heterocycles. The number of carboxylic acid groups (broad SMARTS) is 5. The number of carboxylic acids is 5. The molecule has 418 valence electrons. The largest absolute Gasteiger partial charge is 0.480 e. The highest BCUT2D eigenvalue weighted by Gasteiger charge is 2.21. The lowest BCUT2D eigenvalue weighted by Crippen LogP contribution is -2.33. The molecule has 3 saturated carbocycles. The lowest BCUT2D eigenvalue weighted by molar-refractivity contribution is -0.137. The van der Waals surface area contributed by atoms with Crippen LogP contribution in [0, 0.1) is 0 Å². The second kappa shape index (κ2) is 41.2. The van der Waals surface area contributed by atoms with Crippen molar-refractivity contribution in [3.63, 3.8) is 0 Å². The van der Waals surface area contributed by atoms with Crippen LogP contribution in [0.1, 0.15) is 163 Å². The Morgan fingerprint density at radius 2 is 0.605 bits per heavy atom. The van der Waals surface area contributed by atoms with Gasteiger partial charge in [-0.15, -0.1) is 0 Å². The van der Waals surface area contributed by atoms with Crippen molar-refractivity contribution in [2.75, 3.05) is 45.8 Å². The van der Waals surface area contributed by atoms with Gasteiger partial charge in [0, 0.05) is 36.5 Å². The van der Waals surface area contributed by atoms with Crippen molar-refractivity contribution in [3.05, 3.63) is 144 Å². The Morgan fingerprint density at radius 1 is 0.342 bits per heavy atom. The summed E-state index contributed by atoms with van der Waals surface area (Å²) in [5, 5.41) is 57.7. The monoisotopic (exact) mass is 1050 g/mol. The molecule has 15 heteroatoms. The molecule has 3 fully saturated rings. The summed E-state index contributed by atoms with van der Waals surface area (Å²) in [6, 6.07) is 42.3. The fraction of sp³-hybridized carbons (Fsp3) is 0.525. The van der Waals surface area contributed by atoms with Crippen molar-refractivity contribution >= 4 is 29.8 Å². The zero-order valence-corrected chi connectivity index (χ0v) is 44.8. The number of rotatable bonds is 22. The van der Waals surface area contributed by atoms with Gasteiger partial charge >= 0.3 is 29.8 Å². The van der Waals surface area contributed by atoms with E-state index < -0.39 is 29.8 Å². The molecule has 0 bridgehead atoms. The van der Waals surface area contributed by atoms with Crippen LogP contribution < -0.4 is 26.6 Å². The third-order valence-corrected chi connectivity index (χ3v) is 13.5. The van der Waals surface area contributed by atoms with Crippen LogP contribution in [0.2, 0.25) is 0 Å². The standard InChI is InChI=1S/C17H19NO2.C16H17NO2.C13H25NO2.C10H19NO2.C5H9NO2/c19-17(20)13-18-12-11-16(14-7-3-1-4-8-14)15-9-5-2-6-10-15;18-16(19)12-17-11-15(13-7-3-1-4-8-13)14-9-5-2-6-10-14;15-13(16)11-14-12-9-7-5-3-1-2-4-6-8-10-12;12-10(13)8-11-9-6-4-2-1-3-5-7-9;7-5(8)3-6-4-1-2-4/h1-10,16,18H,11-13H2,(H,19,20);1-10,15,17H,11-12H2,(H,18,19);12,14H,1-11H2,(H,15,16);9,11H,1-8H2,(H,12,13);4,6H,1-3H2,(H,7,8). The van der Waals surface area contributed by atoms with Gasteiger partial charge in [-0.25, -0.2) is 0 Å². The van der Waals surface area contributed by atoms with Crippen molar-refractivity contribution in [1.82, 2.24) is 26.6 Å². The van der Waals surface area contributed by atoms with E-state index in [2.05, 4.69) is 75.1 Å². The van der Waals surface area contributed by atoms with Crippen LogP contribution in [0.4, 0.5) is 0 Å². The Bertz CT molecular complexity index is 2030. The van der Waals surface area contributed by atoms with E-state index in [1.54, 1.807) is 0 Å². The molecule has 15 nitrogen and oxygen atoms in total. The fourth-order valence-electron chi connectivity index (χ4n) is 9.29. The highest BCUT2D eigenvalue weighted by Crippen LogP contribution is 2.28. The summed E-state index contributed by atoms with van der Waals surface area (Å²) in [5.41, 5.74) is 4.89. The Kier molecular flexibility index (Phi) is 34.9. The van der Waals surface area contributed by atoms with Gasteiger partial charge in [-0.05, 0) is 73.7 Å². The molecule has 3 aliphatic rings. The third kappa shape index (κ3) is 33.1. The van der Waals surface area contributed by atoms with E-state index in [0.717, 1.165) is 44.9 Å². The van der Waals surface area contributed by atoms with Crippen LogP contribution in [0.25, 0.3) is 0 Å². The summed E-state index contributed by atoms with van der Waals surface area (Å²) in [5.74, 6) is -3.45. The SMILES string of the molecule is O=C(O)CNC1CC1.O=C(O)CNC1CCCCCCC1.O=C(O)CNC1CCCCCCCCCC1.O=C(O)CNCC(c1ccccc1)c1ccccc1.O=C(O)CNCCC(c1ccccc1)c1ccccc1. The van der Waals surface area contributed by atoms with Crippen molar-refractivity contribution in [3.8, 4) is 0 Å². The number of aliphatic carboxylic acids is 5. The Morgan fingerprint density at radius 3 is 0.895 bits per heavy atom. The van der Waals surface area contributed by atoms with Gasteiger partial charge in [0.1, 0.15) is 0 Å². The lowest BCUT2D eigenvalue weighted by atomic mass is 9.88. The van der Waals surface area contributed by atoms with E-state index in [1.807, 2.05) is 72.8 Å². The van der Waals surface area contributed by atoms with Gasteiger partial charge in [0.25, 0.3) is 0 Å². The second-order valence-corrected chi connectivity index (χ2v) is 19.9. The van der Waals surface area contributed by atoms with Crippen LogP contribution in [0.5, 0.6) is 0 Å². The lowest BCUT2D eigenvalue weighted by Gasteiger charge is -2.19. The van der Waals surface area contributed by atoms with Gasteiger partial charge in [0.2, 0.25) is 0 Å². The number of carbonyl (C=O) groups is 5. The predicted molar refractivity (Wildman–Crippen MR) is 301 cm³/mol. The van der Waals surface area contributed by atoms with Crippen molar-refractivity contribution in [2.24, 2.45) is 0 Å². The van der Waals surface area contributed by atoms with Crippen LogP contribution in [0.15, 0.2) is 121 Å². The first-order valence-electron chi connectivity index (χ1n) is 27.8. The summed E-state index contributed by atoms with van der Waals surface area (Å²) in [7, 11) is 0. The first-order valence-corrected chi connectivity index (χ1v) is 27.8. The van der Waals surface area contributed by atoms with Gasteiger partial charge in [0.05, 0.1) is 32.7 Å². The molecular formula is C61H89N5O10. The Hall–Kier alpha value is -5.97. The van der Waals surface area contributed by atoms with Gasteiger partial charge < -0.3 is 52.1 Å². The van der Waals surface area contributed by atoms with Crippen LogP contribution >= 0.6 is 0 Å². The number of benzene rings is 4. The van der Waals surface area contributed by atoms with E-state index in [0.29, 0.717) is 37.1 Å². The van der Waals surface area contributed by atoms with Crippen molar-refractivity contribution < 1.29 is 49.5 Å². The molecule has 4 aromatic rings. The zero-order chi connectivity index (χ0) is 54.9. The summed E-state index contributed by atoms with van der Waals surface area (Å²) in [4.78, 5) is 51.8. The van der Waals surface area contributed by atoms with Crippen molar-refractivity contribution in [1.29, 1.82) is 0 Å². The molecule has 0 aliphatic heterocycles. The molecule has 0 spiro atoms. The average molecular weight is 1050 g/mol. The summed E-state index contributed by atoms with van der Waals surface area (Å²) >= 11 is 0. The molecule has 3 aliphatic carbocycles. The van der Waals surface area contributed by atoms with Crippen LogP contribution in [0.3, 0.4) is 0 Å². The third-order valence-electron chi connectivity index (χ3n) is 13.5. The molecule has 10 N–H and O–H groups in total. The second-order valence-electron chi connectivity index (χ2n) is 19.9. The quantitative estimate of drug-likeness (QED) is 0.0329. The van der Waals surface area contributed by atoms with Gasteiger partial charge in [0.15, 0.2) is 0 Å². The number of nitrogens with one attached hydrogen (secondary N) is 5. The van der Waals surface area contributed by atoms with Gasteiger partial charge in [-0.2, -0.15) is 0 Å². The molecule has 4 aromatic carbocycles. The van der Waals surface area contributed by atoms with E-state index in [1.165, 1.54) is 106 Å². The van der Waals surface area contributed by atoms with E-state index in [-0.39, 0.29) is 38.6 Å². The molecular weight excluding hydrogens is 963 g/mol. The number of hydrogen-bond donors (Lipinski definition) is 10. The minimum absolute atomic E-state index is 0.0102. The number of hydrogen-bond acceptors (Lipinski definition) is 10. The summed E-state index contributed by atoms with van der Waals surface area (Å²) in [6.45, 7) is 1.63. The Balaban J connectivity index is 0.000000257. The molecule has 0 saturated heterocycles. The van der Waals surface area contributed by atoms with E-state index in [4.69, 9.17) is 25.5 Å². The molecule has 76 heavy (non-hydrogen) atoms. The Labute approximate surface area is 452 Å². The molecule has 0 radical (unpaired) electrons. The zero-order valence-electron chi connectivity index (χ0n) is 44.8. The molecule has 0 amide bonds. The van der Waals surface area contributed by atoms with Crippen molar-refractivity contribution in [2.45, 2.75) is 158 Å². The normalized spacial score (nSPS) is 15.4.